The van der Waals surface area contributed by atoms with Gasteiger partial charge in [0.1, 0.15) is 17.7 Å². The molecule has 0 radical (unpaired) electrons. The summed E-state index contributed by atoms with van der Waals surface area (Å²) in [6, 6.07) is 5.87. The largest absolute Gasteiger partial charge is 0.386 e. The molecule has 0 saturated heterocycles. The zero-order valence-corrected chi connectivity index (χ0v) is 12.1. The number of hydrogen-bond donors (Lipinski definition) is 1. The summed E-state index contributed by atoms with van der Waals surface area (Å²) >= 11 is 0. The first-order valence-electron chi connectivity index (χ1n) is 6.75. The zero-order chi connectivity index (χ0) is 15.9. The molecular formula is C15H14FN3O3. The van der Waals surface area contributed by atoms with Gasteiger partial charge in [0.2, 0.25) is 0 Å². The van der Waals surface area contributed by atoms with Crippen LogP contribution in [0.2, 0.25) is 0 Å². The number of aliphatic hydroxyl groups is 1. The van der Waals surface area contributed by atoms with Crippen molar-refractivity contribution in [2.75, 3.05) is 0 Å². The molecule has 1 N–H and O–H groups in total. The van der Waals surface area contributed by atoms with E-state index in [1.807, 2.05) is 0 Å². The van der Waals surface area contributed by atoms with E-state index in [-0.39, 0.29) is 17.6 Å². The van der Waals surface area contributed by atoms with Crippen molar-refractivity contribution < 1.29 is 14.0 Å². The second-order valence-electron chi connectivity index (χ2n) is 5.07. The molecule has 114 valence electrons. The summed E-state index contributed by atoms with van der Waals surface area (Å²) in [5, 5.41) is 18.6. The van der Waals surface area contributed by atoms with Gasteiger partial charge in [-0.05, 0) is 19.9 Å². The van der Waals surface area contributed by atoms with Gasteiger partial charge in [-0.15, -0.1) is 0 Å². The van der Waals surface area contributed by atoms with Crippen molar-refractivity contribution in [2.24, 2.45) is 0 Å². The number of aryl methyl sites for hydroxylation is 2. The van der Waals surface area contributed by atoms with E-state index < -0.39 is 17.5 Å². The summed E-state index contributed by atoms with van der Waals surface area (Å²) in [5.74, 6) is -0.0166. The normalized spacial score (nSPS) is 12.7. The number of hydrogen-bond acceptors (Lipinski definition) is 5. The number of aliphatic hydroxyl groups excluding tert-OH is 1. The second-order valence-corrected chi connectivity index (χ2v) is 5.07. The minimum atomic E-state index is -1.18. The van der Waals surface area contributed by atoms with Crippen LogP contribution >= 0.6 is 0 Å². The lowest BCUT2D eigenvalue weighted by molar-refractivity contribution is 0.145. The van der Waals surface area contributed by atoms with Gasteiger partial charge in [-0.2, -0.15) is 5.10 Å². The van der Waals surface area contributed by atoms with Crippen molar-refractivity contribution in [3.05, 3.63) is 57.5 Å². The number of rotatable bonds is 3. The molecule has 1 atom stereocenters. The van der Waals surface area contributed by atoms with Crippen molar-refractivity contribution in [1.29, 1.82) is 0 Å². The lowest BCUT2D eigenvalue weighted by Crippen LogP contribution is -2.27. The van der Waals surface area contributed by atoms with Crippen molar-refractivity contribution in [2.45, 2.75) is 26.5 Å². The maximum Gasteiger partial charge on any atom is 0.296 e. The summed E-state index contributed by atoms with van der Waals surface area (Å²) < 4.78 is 19.8. The lowest BCUT2D eigenvalue weighted by atomic mass is 10.1. The maximum absolute atomic E-state index is 13.7. The van der Waals surface area contributed by atoms with Crippen LogP contribution < -0.4 is 5.56 Å². The Morgan fingerprint density at radius 1 is 1.36 bits per heavy atom. The summed E-state index contributed by atoms with van der Waals surface area (Å²) in [6.45, 7) is 3.25. The van der Waals surface area contributed by atoms with Gasteiger partial charge in [0, 0.05) is 5.56 Å². The molecule has 7 heteroatoms. The van der Waals surface area contributed by atoms with E-state index in [1.165, 1.54) is 18.2 Å². The Morgan fingerprint density at radius 2 is 2.09 bits per heavy atom. The minimum Gasteiger partial charge on any atom is -0.386 e. The van der Waals surface area contributed by atoms with Crippen LogP contribution in [0.25, 0.3) is 10.9 Å². The van der Waals surface area contributed by atoms with Crippen LogP contribution in [0.5, 0.6) is 0 Å². The van der Waals surface area contributed by atoms with Crippen LogP contribution in [0, 0.1) is 19.7 Å². The van der Waals surface area contributed by atoms with Gasteiger partial charge in [0.25, 0.3) is 5.56 Å². The van der Waals surface area contributed by atoms with E-state index in [4.69, 9.17) is 4.52 Å². The molecule has 0 fully saturated rings. The van der Waals surface area contributed by atoms with Gasteiger partial charge in [-0.25, -0.2) is 9.07 Å². The summed E-state index contributed by atoms with van der Waals surface area (Å²) in [5.41, 5.74) is 0.359. The number of halogens is 1. The average Bonchev–Trinajstić information content (AvgIpc) is 2.87. The molecule has 3 rings (SSSR count). The molecule has 1 unspecified atom stereocenters. The minimum absolute atomic E-state index is 0.116. The van der Waals surface area contributed by atoms with E-state index >= 15 is 0 Å². The van der Waals surface area contributed by atoms with Crippen molar-refractivity contribution in [1.82, 2.24) is 14.9 Å². The number of aromatic nitrogens is 3. The van der Waals surface area contributed by atoms with Crippen LogP contribution in [0.15, 0.2) is 33.6 Å². The molecule has 0 aliphatic heterocycles. The predicted molar refractivity (Wildman–Crippen MR) is 76.9 cm³/mol. The Kier molecular flexibility index (Phi) is 3.50. The fourth-order valence-electron chi connectivity index (χ4n) is 2.47. The van der Waals surface area contributed by atoms with E-state index in [0.717, 1.165) is 4.68 Å². The molecule has 0 saturated carbocycles. The number of benzene rings is 1. The molecule has 6 nitrogen and oxygen atoms in total. The van der Waals surface area contributed by atoms with E-state index in [0.29, 0.717) is 16.8 Å². The Balaban J connectivity index is 2.03. The van der Waals surface area contributed by atoms with E-state index in [1.54, 1.807) is 19.9 Å². The first-order valence-corrected chi connectivity index (χ1v) is 6.75. The third-order valence-electron chi connectivity index (χ3n) is 3.54. The van der Waals surface area contributed by atoms with Crippen LogP contribution in [-0.2, 0) is 6.54 Å². The van der Waals surface area contributed by atoms with Gasteiger partial charge >= 0.3 is 0 Å². The zero-order valence-electron chi connectivity index (χ0n) is 12.1. The molecule has 0 amide bonds. The van der Waals surface area contributed by atoms with Crippen molar-refractivity contribution >= 4 is 10.9 Å². The third kappa shape index (κ3) is 2.29. The molecular weight excluding hydrogens is 289 g/mol. The quantitative estimate of drug-likeness (QED) is 0.799. The molecule has 1 aromatic carbocycles. The summed E-state index contributed by atoms with van der Waals surface area (Å²) in [4.78, 5) is 12.3. The van der Waals surface area contributed by atoms with Gasteiger partial charge < -0.3 is 9.63 Å². The van der Waals surface area contributed by atoms with Crippen LogP contribution in [-0.4, -0.2) is 20.0 Å². The predicted octanol–water partition coefficient (Wildman–Crippen LogP) is 1.87. The molecule has 22 heavy (non-hydrogen) atoms. The van der Waals surface area contributed by atoms with Crippen molar-refractivity contribution in [3.63, 3.8) is 0 Å². The fraction of sp³-hybridized carbons (Fsp3) is 0.267. The van der Waals surface area contributed by atoms with Gasteiger partial charge in [-0.1, -0.05) is 23.4 Å². The molecule has 0 aliphatic carbocycles. The molecule has 0 bridgehead atoms. The first-order chi connectivity index (χ1) is 10.5. The molecule has 2 aromatic heterocycles. The van der Waals surface area contributed by atoms with E-state index in [2.05, 4.69) is 10.3 Å². The van der Waals surface area contributed by atoms with E-state index in [9.17, 15) is 14.3 Å². The monoisotopic (exact) mass is 303 g/mol. The Hall–Kier alpha value is -2.54. The third-order valence-corrected chi connectivity index (χ3v) is 3.54. The van der Waals surface area contributed by atoms with Gasteiger partial charge in [0.15, 0.2) is 5.52 Å². The topological polar surface area (TPSA) is 81.1 Å². The summed E-state index contributed by atoms with van der Waals surface area (Å²) in [7, 11) is 0. The van der Waals surface area contributed by atoms with Gasteiger partial charge in [-0.3, -0.25) is 4.79 Å². The standard InChI is InChI=1S/C15H14FN3O3/c1-8-13-9(2)22-18-14(13)15(21)19(17-8)7-12(20)10-5-3-4-6-11(10)16/h3-6,12,20H,7H2,1-2H3. The highest BCUT2D eigenvalue weighted by atomic mass is 19.1. The first kappa shape index (κ1) is 14.4. The number of nitrogens with zero attached hydrogens (tertiary/aromatic N) is 3. The average molecular weight is 303 g/mol. The van der Waals surface area contributed by atoms with Gasteiger partial charge in [0.05, 0.1) is 17.6 Å². The fourth-order valence-corrected chi connectivity index (χ4v) is 2.47. The lowest BCUT2D eigenvalue weighted by Gasteiger charge is -2.13. The Bertz CT molecular complexity index is 901. The smallest absolute Gasteiger partial charge is 0.296 e. The summed E-state index contributed by atoms with van der Waals surface area (Å²) in [6.07, 6.45) is -1.18. The highest BCUT2D eigenvalue weighted by Crippen LogP contribution is 2.20. The maximum atomic E-state index is 13.7. The second kappa shape index (κ2) is 5.34. The van der Waals surface area contributed by atoms with Crippen LogP contribution in [0.3, 0.4) is 0 Å². The highest BCUT2D eigenvalue weighted by Gasteiger charge is 2.18. The SMILES string of the molecule is Cc1nn(CC(O)c2ccccc2F)c(=O)c2noc(C)c12. The van der Waals surface area contributed by atoms with Crippen LogP contribution in [0.1, 0.15) is 23.1 Å². The molecule has 3 aromatic rings. The molecule has 2 heterocycles. The highest BCUT2D eigenvalue weighted by molar-refractivity contribution is 5.81. The molecule has 0 aliphatic rings. The van der Waals surface area contributed by atoms with Crippen LogP contribution in [0.4, 0.5) is 4.39 Å². The number of fused-ring (bicyclic) bond motifs is 1. The Labute approximate surface area is 124 Å². The van der Waals surface area contributed by atoms with Crippen molar-refractivity contribution in [3.8, 4) is 0 Å². The molecule has 0 spiro atoms. The Morgan fingerprint density at radius 3 is 2.82 bits per heavy atom.